The van der Waals surface area contributed by atoms with Gasteiger partial charge in [0, 0.05) is 25.3 Å². The first-order chi connectivity index (χ1) is 11.4. The molecule has 1 aromatic heterocycles. The fourth-order valence-corrected chi connectivity index (χ4v) is 3.67. The summed E-state index contributed by atoms with van der Waals surface area (Å²) in [5.74, 6) is -0.829. The molecule has 0 aliphatic heterocycles. The molecule has 2 N–H and O–H groups in total. The van der Waals surface area contributed by atoms with Crippen LogP contribution < -0.4 is 4.72 Å². The molecule has 0 aliphatic rings. The molecular weight excluding hydrogens is 331 g/mol. The van der Waals surface area contributed by atoms with Gasteiger partial charge in [0.15, 0.2) is 0 Å². The highest BCUT2D eigenvalue weighted by Gasteiger charge is 2.20. The van der Waals surface area contributed by atoms with Gasteiger partial charge in [0.25, 0.3) is 0 Å². The summed E-state index contributed by atoms with van der Waals surface area (Å²) >= 11 is 0. The Morgan fingerprint density at radius 1 is 1.21 bits per heavy atom. The lowest BCUT2D eigenvalue weighted by Gasteiger charge is -2.13. The molecule has 3 rings (SSSR count). The number of aromatic nitrogens is 1. The number of nitrogens with zero attached hydrogens (tertiary/aromatic N) is 1. The van der Waals surface area contributed by atoms with Crippen LogP contribution in [0, 0.1) is 5.82 Å². The van der Waals surface area contributed by atoms with Gasteiger partial charge in [-0.05, 0) is 41.3 Å². The fraction of sp³-hybridized carbons (Fsp3) is 0.176. The molecule has 0 radical (unpaired) electrons. The molecule has 2 aromatic carbocycles. The molecule has 1 heterocycles. The number of hydrogen-bond donors (Lipinski definition) is 2. The van der Waals surface area contributed by atoms with Gasteiger partial charge in [-0.3, -0.25) is 0 Å². The van der Waals surface area contributed by atoms with Crippen LogP contribution in [0.3, 0.4) is 0 Å². The van der Waals surface area contributed by atoms with Crippen molar-refractivity contribution < 1.29 is 17.9 Å². The number of aliphatic hydroxyl groups is 1. The number of aryl methyl sites for hydroxylation is 1. The SMILES string of the molecule is Cn1ccc2cc(C(O)CNS(=O)(=O)c3ccccc3F)ccc21. The van der Waals surface area contributed by atoms with Crippen molar-refractivity contribution in [2.45, 2.75) is 11.0 Å². The van der Waals surface area contributed by atoms with Gasteiger partial charge in [0.05, 0.1) is 6.10 Å². The predicted molar refractivity (Wildman–Crippen MR) is 89.5 cm³/mol. The van der Waals surface area contributed by atoms with Crippen LogP contribution in [0.5, 0.6) is 0 Å². The number of hydrogen-bond acceptors (Lipinski definition) is 3. The Morgan fingerprint density at radius 2 is 1.96 bits per heavy atom. The summed E-state index contributed by atoms with van der Waals surface area (Å²) in [6.45, 7) is -0.241. The Bertz CT molecular complexity index is 982. The zero-order chi connectivity index (χ0) is 17.3. The minimum absolute atomic E-state index is 0.241. The zero-order valence-corrected chi connectivity index (χ0v) is 13.8. The Kier molecular flexibility index (Phi) is 4.40. The molecule has 0 fully saturated rings. The third kappa shape index (κ3) is 3.19. The first-order valence-corrected chi connectivity index (χ1v) is 8.84. The molecule has 1 unspecified atom stereocenters. The van der Waals surface area contributed by atoms with E-state index in [1.165, 1.54) is 18.2 Å². The maximum Gasteiger partial charge on any atom is 0.243 e. The van der Waals surface area contributed by atoms with E-state index in [4.69, 9.17) is 0 Å². The smallest absolute Gasteiger partial charge is 0.243 e. The number of fused-ring (bicyclic) bond motifs is 1. The summed E-state index contributed by atoms with van der Waals surface area (Å²) in [5, 5.41) is 11.2. The highest BCUT2D eigenvalue weighted by molar-refractivity contribution is 7.89. The van der Waals surface area contributed by atoms with Gasteiger partial charge < -0.3 is 9.67 Å². The maximum absolute atomic E-state index is 13.6. The van der Waals surface area contributed by atoms with Gasteiger partial charge >= 0.3 is 0 Å². The number of nitrogens with one attached hydrogen (secondary N) is 1. The van der Waals surface area contributed by atoms with Crippen LogP contribution in [-0.2, 0) is 17.1 Å². The summed E-state index contributed by atoms with van der Waals surface area (Å²) in [6.07, 6.45) is 0.873. The van der Waals surface area contributed by atoms with Crippen molar-refractivity contribution in [1.82, 2.24) is 9.29 Å². The number of benzene rings is 2. The van der Waals surface area contributed by atoms with Gasteiger partial charge in [0.2, 0.25) is 10.0 Å². The molecule has 126 valence electrons. The molecule has 0 saturated heterocycles. The van der Waals surface area contributed by atoms with E-state index >= 15 is 0 Å². The molecule has 0 saturated carbocycles. The molecule has 7 heteroatoms. The lowest BCUT2D eigenvalue weighted by atomic mass is 10.1. The molecule has 24 heavy (non-hydrogen) atoms. The van der Waals surface area contributed by atoms with Gasteiger partial charge in [-0.2, -0.15) is 0 Å². The van der Waals surface area contributed by atoms with Crippen LogP contribution in [0.4, 0.5) is 4.39 Å². The highest BCUT2D eigenvalue weighted by atomic mass is 32.2. The second kappa shape index (κ2) is 6.35. The van der Waals surface area contributed by atoms with E-state index in [2.05, 4.69) is 4.72 Å². The third-order valence-electron chi connectivity index (χ3n) is 3.89. The third-order valence-corrected chi connectivity index (χ3v) is 5.34. The quantitative estimate of drug-likeness (QED) is 0.743. The maximum atomic E-state index is 13.6. The van der Waals surface area contributed by atoms with E-state index in [0.717, 1.165) is 17.0 Å². The van der Waals surface area contributed by atoms with Crippen molar-refractivity contribution in [3.8, 4) is 0 Å². The van der Waals surface area contributed by atoms with Crippen LogP contribution in [0.15, 0.2) is 59.6 Å². The normalized spacial score (nSPS) is 13.3. The number of aliphatic hydroxyl groups excluding tert-OH is 1. The minimum Gasteiger partial charge on any atom is -0.387 e. The van der Waals surface area contributed by atoms with Crippen molar-refractivity contribution in [1.29, 1.82) is 0 Å². The lowest BCUT2D eigenvalue weighted by Crippen LogP contribution is -2.29. The summed E-state index contributed by atoms with van der Waals surface area (Å²) in [6, 6.07) is 12.4. The Morgan fingerprint density at radius 3 is 2.71 bits per heavy atom. The molecular formula is C17H17FN2O3S. The van der Waals surface area contributed by atoms with Crippen molar-refractivity contribution in [3.63, 3.8) is 0 Å². The molecule has 0 bridgehead atoms. The van der Waals surface area contributed by atoms with Gasteiger partial charge in [0.1, 0.15) is 10.7 Å². The van der Waals surface area contributed by atoms with Crippen molar-refractivity contribution in [2.75, 3.05) is 6.54 Å². The first kappa shape index (κ1) is 16.6. The van der Waals surface area contributed by atoms with Gasteiger partial charge in [-0.1, -0.05) is 18.2 Å². The Labute approximate surface area is 139 Å². The first-order valence-electron chi connectivity index (χ1n) is 7.36. The molecule has 3 aromatic rings. The largest absolute Gasteiger partial charge is 0.387 e. The zero-order valence-electron chi connectivity index (χ0n) is 13.0. The monoisotopic (exact) mass is 348 g/mol. The van der Waals surface area contributed by atoms with E-state index in [0.29, 0.717) is 5.56 Å². The second-order valence-corrected chi connectivity index (χ2v) is 7.28. The molecule has 0 amide bonds. The summed E-state index contributed by atoms with van der Waals surface area (Å²) in [5.41, 5.74) is 1.60. The van der Waals surface area contributed by atoms with E-state index in [1.54, 1.807) is 12.1 Å². The predicted octanol–water partition coefficient (Wildman–Crippen LogP) is 2.33. The van der Waals surface area contributed by atoms with E-state index < -0.39 is 26.8 Å². The number of rotatable bonds is 5. The van der Waals surface area contributed by atoms with Crippen LogP contribution in [0.1, 0.15) is 11.7 Å². The van der Waals surface area contributed by atoms with E-state index in [-0.39, 0.29) is 6.54 Å². The highest BCUT2D eigenvalue weighted by Crippen LogP contribution is 2.21. The van der Waals surface area contributed by atoms with Crippen LogP contribution in [0.2, 0.25) is 0 Å². The minimum atomic E-state index is -4.02. The average molecular weight is 348 g/mol. The topological polar surface area (TPSA) is 71.3 Å². The lowest BCUT2D eigenvalue weighted by molar-refractivity contribution is 0.182. The van der Waals surface area contributed by atoms with E-state index in [9.17, 15) is 17.9 Å². The number of halogens is 1. The van der Waals surface area contributed by atoms with Gasteiger partial charge in [-0.15, -0.1) is 0 Å². The van der Waals surface area contributed by atoms with Crippen molar-refractivity contribution in [3.05, 3.63) is 66.1 Å². The Balaban J connectivity index is 1.76. The Hall–Kier alpha value is -2.22. The molecule has 5 nitrogen and oxygen atoms in total. The van der Waals surface area contributed by atoms with Gasteiger partial charge in [-0.25, -0.2) is 17.5 Å². The fourth-order valence-electron chi connectivity index (χ4n) is 2.55. The van der Waals surface area contributed by atoms with Crippen LogP contribution in [0.25, 0.3) is 10.9 Å². The summed E-state index contributed by atoms with van der Waals surface area (Å²) in [7, 11) is -2.10. The molecule has 0 spiro atoms. The van der Waals surface area contributed by atoms with E-state index in [1.807, 2.05) is 29.9 Å². The van der Waals surface area contributed by atoms with Crippen LogP contribution >= 0.6 is 0 Å². The standard InChI is InChI=1S/C17H17FN2O3S/c1-20-9-8-12-10-13(6-7-15(12)20)16(21)11-19-24(22,23)17-5-3-2-4-14(17)18/h2-10,16,19,21H,11H2,1H3. The molecule has 0 aliphatic carbocycles. The number of sulfonamides is 1. The van der Waals surface area contributed by atoms with Crippen molar-refractivity contribution >= 4 is 20.9 Å². The molecule has 1 atom stereocenters. The average Bonchev–Trinajstić information content (AvgIpc) is 2.93. The second-order valence-electron chi connectivity index (χ2n) is 5.54. The van der Waals surface area contributed by atoms with Crippen LogP contribution in [-0.4, -0.2) is 24.6 Å². The summed E-state index contributed by atoms with van der Waals surface area (Å²) in [4.78, 5) is -0.435. The van der Waals surface area contributed by atoms with Crippen molar-refractivity contribution in [2.24, 2.45) is 7.05 Å². The summed E-state index contributed by atoms with van der Waals surface area (Å²) < 4.78 is 42.1.